The molecule has 1 atom stereocenters. The number of nitrogens with zero attached hydrogens (tertiary/aromatic N) is 1. The number of ether oxygens (including phenoxy) is 1. The van der Waals surface area contributed by atoms with E-state index in [1.807, 2.05) is 31.3 Å². The lowest BCUT2D eigenvalue weighted by Gasteiger charge is -2.17. The van der Waals surface area contributed by atoms with E-state index >= 15 is 0 Å². The quantitative estimate of drug-likeness (QED) is 0.900. The molecule has 1 N–H and O–H groups in total. The third kappa shape index (κ3) is 2.65. The molecule has 0 saturated carbocycles. The van der Waals surface area contributed by atoms with E-state index < -0.39 is 0 Å². The van der Waals surface area contributed by atoms with Crippen LogP contribution in [0.4, 0.5) is 4.39 Å². The molecule has 0 amide bonds. The van der Waals surface area contributed by atoms with Crippen LogP contribution in [0.5, 0.6) is 5.75 Å². The molecule has 0 radical (unpaired) electrons. The Kier molecular flexibility index (Phi) is 3.89. The van der Waals surface area contributed by atoms with E-state index in [0.717, 1.165) is 16.9 Å². The monoisotopic (exact) mass is 246 g/mol. The number of nitrogens with one attached hydrogen (secondary N) is 1. The highest BCUT2D eigenvalue weighted by atomic mass is 19.1. The minimum Gasteiger partial charge on any atom is -0.497 e. The molecular weight excluding hydrogens is 231 g/mol. The lowest BCUT2D eigenvalue weighted by Crippen LogP contribution is -2.18. The predicted molar refractivity (Wildman–Crippen MR) is 68.1 cm³/mol. The Hall–Kier alpha value is -1.94. The van der Waals surface area contributed by atoms with Crippen LogP contribution >= 0.6 is 0 Å². The summed E-state index contributed by atoms with van der Waals surface area (Å²) in [5, 5.41) is 3.15. The number of benzene rings is 1. The van der Waals surface area contributed by atoms with Gasteiger partial charge in [0, 0.05) is 6.20 Å². The Morgan fingerprint density at radius 3 is 2.44 bits per heavy atom. The van der Waals surface area contributed by atoms with E-state index in [4.69, 9.17) is 4.74 Å². The summed E-state index contributed by atoms with van der Waals surface area (Å²) in [7, 11) is 3.46. The molecule has 2 rings (SSSR count). The van der Waals surface area contributed by atoms with Gasteiger partial charge in [-0.05, 0) is 36.4 Å². The maximum atomic E-state index is 13.2. The Morgan fingerprint density at radius 2 is 1.89 bits per heavy atom. The fourth-order valence-corrected chi connectivity index (χ4v) is 1.91. The normalized spacial score (nSPS) is 12.2. The summed E-state index contributed by atoms with van der Waals surface area (Å²) in [5.74, 6) is 0.465. The van der Waals surface area contributed by atoms with Crippen molar-refractivity contribution in [3.63, 3.8) is 0 Å². The second-order valence-electron chi connectivity index (χ2n) is 3.93. The lowest BCUT2D eigenvalue weighted by molar-refractivity contribution is 0.414. The molecule has 18 heavy (non-hydrogen) atoms. The number of hydrogen-bond donors (Lipinski definition) is 1. The molecule has 0 aliphatic rings. The maximum absolute atomic E-state index is 13.2. The van der Waals surface area contributed by atoms with Crippen LogP contribution in [0.3, 0.4) is 0 Å². The molecule has 94 valence electrons. The number of halogens is 1. The standard InChI is InChI=1S/C14H15FN2O/c1-16-14(11-7-12(15)9-17-8-11)10-3-5-13(18-2)6-4-10/h3-9,14,16H,1-2H3. The van der Waals surface area contributed by atoms with Gasteiger partial charge >= 0.3 is 0 Å². The molecule has 0 saturated heterocycles. The first-order valence-corrected chi connectivity index (χ1v) is 5.66. The van der Waals surface area contributed by atoms with Crippen molar-refractivity contribution < 1.29 is 9.13 Å². The Morgan fingerprint density at radius 1 is 1.17 bits per heavy atom. The van der Waals surface area contributed by atoms with Gasteiger partial charge in [0.25, 0.3) is 0 Å². The number of methoxy groups -OCH3 is 1. The third-order valence-corrected chi connectivity index (χ3v) is 2.80. The van der Waals surface area contributed by atoms with Gasteiger partial charge in [0.05, 0.1) is 19.3 Å². The van der Waals surface area contributed by atoms with Crippen LogP contribution in [-0.4, -0.2) is 19.1 Å². The van der Waals surface area contributed by atoms with Crippen LogP contribution in [0.2, 0.25) is 0 Å². The maximum Gasteiger partial charge on any atom is 0.141 e. The van der Waals surface area contributed by atoms with E-state index in [1.165, 1.54) is 12.3 Å². The molecule has 0 aliphatic heterocycles. The van der Waals surface area contributed by atoms with Crippen LogP contribution in [0, 0.1) is 5.82 Å². The minimum atomic E-state index is -0.332. The largest absolute Gasteiger partial charge is 0.497 e. The SMILES string of the molecule is CNC(c1ccc(OC)cc1)c1cncc(F)c1. The van der Waals surface area contributed by atoms with E-state index in [0.29, 0.717) is 0 Å². The zero-order chi connectivity index (χ0) is 13.0. The van der Waals surface area contributed by atoms with Crippen molar-refractivity contribution in [1.82, 2.24) is 10.3 Å². The second-order valence-corrected chi connectivity index (χ2v) is 3.93. The van der Waals surface area contributed by atoms with Crippen molar-refractivity contribution in [2.75, 3.05) is 14.2 Å². The average Bonchev–Trinajstić information content (AvgIpc) is 2.40. The topological polar surface area (TPSA) is 34.1 Å². The molecule has 1 heterocycles. The van der Waals surface area contributed by atoms with Gasteiger partial charge in [-0.25, -0.2) is 4.39 Å². The van der Waals surface area contributed by atoms with Gasteiger partial charge in [-0.15, -0.1) is 0 Å². The van der Waals surface area contributed by atoms with Crippen molar-refractivity contribution in [1.29, 1.82) is 0 Å². The molecule has 1 unspecified atom stereocenters. The number of aromatic nitrogens is 1. The van der Waals surface area contributed by atoms with Crippen LogP contribution < -0.4 is 10.1 Å². The highest BCUT2D eigenvalue weighted by molar-refractivity contribution is 5.34. The van der Waals surface area contributed by atoms with Gasteiger partial charge in [-0.1, -0.05) is 12.1 Å². The number of rotatable bonds is 4. The molecule has 0 spiro atoms. The van der Waals surface area contributed by atoms with Gasteiger partial charge in [0.2, 0.25) is 0 Å². The van der Waals surface area contributed by atoms with Crippen LogP contribution in [-0.2, 0) is 0 Å². The average molecular weight is 246 g/mol. The molecule has 1 aromatic carbocycles. The Bertz CT molecular complexity index is 513. The number of hydrogen-bond acceptors (Lipinski definition) is 3. The van der Waals surface area contributed by atoms with Crippen molar-refractivity contribution in [2.24, 2.45) is 0 Å². The van der Waals surface area contributed by atoms with Gasteiger partial charge < -0.3 is 10.1 Å². The summed E-state index contributed by atoms with van der Waals surface area (Å²) >= 11 is 0. The summed E-state index contributed by atoms with van der Waals surface area (Å²) in [6.07, 6.45) is 2.86. The molecular formula is C14H15FN2O. The van der Waals surface area contributed by atoms with Crippen molar-refractivity contribution in [3.05, 3.63) is 59.7 Å². The van der Waals surface area contributed by atoms with E-state index in [2.05, 4.69) is 10.3 Å². The first-order valence-electron chi connectivity index (χ1n) is 5.66. The Balaban J connectivity index is 2.32. The highest BCUT2D eigenvalue weighted by Gasteiger charge is 2.12. The molecule has 1 aromatic heterocycles. The van der Waals surface area contributed by atoms with Crippen LogP contribution in [0.25, 0.3) is 0 Å². The van der Waals surface area contributed by atoms with Gasteiger partial charge in [-0.3, -0.25) is 4.98 Å². The van der Waals surface area contributed by atoms with Gasteiger partial charge in [0.1, 0.15) is 11.6 Å². The predicted octanol–water partition coefficient (Wildman–Crippen LogP) is 2.54. The van der Waals surface area contributed by atoms with E-state index in [1.54, 1.807) is 13.3 Å². The van der Waals surface area contributed by atoms with Crippen molar-refractivity contribution in [3.8, 4) is 5.75 Å². The zero-order valence-electron chi connectivity index (χ0n) is 10.4. The zero-order valence-corrected chi connectivity index (χ0v) is 10.4. The van der Waals surface area contributed by atoms with Crippen LogP contribution in [0.15, 0.2) is 42.7 Å². The molecule has 0 aliphatic carbocycles. The summed E-state index contributed by atoms with van der Waals surface area (Å²) in [5.41, 5.74) is 1.83. The smallest absolute Gasteiger partial charge is 0.141 e. The summed E-state index contributed by atoms with van der Waals surface area (Å²) < 4.78 is 18.3. The minimum absolute atomic E-state index is 0.0842. The van der Waals surface area contributed by atoms with Crippen molar-refractivity contribution >= 4 is 0 Å². The Labute approximate surface area is 106 Å². The molecule has 0 fully saturated rings. The molecule has 3 nitrogen and oxygen atoms in total. The molecule has 4 heteroatoms. The third-order valence-electron chi connectivity index (χ3n) is 2.80. The van der Waals surface area contributed by atoms with Crippen molar-refractivity contribution in [2.45, 2.75) is 6.04 Å². The van der Waals surface area contributed by atoms with E-state index in [-0.39, 0.29) is 11.9 Å². The first-order chi connectivity index (χ1) is 8.74. The fourth-order valence-electron chi connectivity index (χ4n) is 1.91. The summed E-state index contributed by atoms with van der Waals surface area (Å²) in [4.78, 5) is 3.87. The summed E-state index contributed by atoms with van der Waals surface area (Å²) in [6.45, 7) is 0. The highest BCUT2D eigenvalue weighted by Crippen LogP contribution is 2.23. The fraction of sp³-hybridized carbons (Fsp3) is 0.214. The lowest BCUT2D eigenvalue weighted by atomic mass is 10.0. The van der Waals surface area contributed by atoms with Gasteiger partial charge in [-0.2, -0.15) is 0 Å². The molecule has 0 bridgehead atoms. The second kappa shape index (κ2) is 5.60. The van der Waals surface area contributed by atoms with Crippen LogP contribution in [0.1, 0.15) is 17.2 Å². The number of pyridine rings is 1. The first kappa shape index (κ1) is 12.5. The molecule has 2 aromatic rings. The van der Waals surface area contributed by atoms with Gasteiger partial charge in [0.15, 0.2) is 0 Å². The van der Waals surface area contributed by atoms with E-state index in [9.17, 15) is 4.39 Å². The summed E-state index contributed by atoms with van der Waals surface area (Å²) in [6, 6.07) is 9.06.